The SMILES string of the molecule is CC/C=C/C=C/C=C/C=C/C=C/C=C/CCCCCC(=O)OCC(COC(=O)CCCCC/C=C/C=C/C=C/C=C/CC)OC(=O)CCCCCCCCC/C=C/CCCCCCCC. The summed E-state index contributed by atoms with van der Waals surface area (Å²) in [6.07, 6.45) is 72.9. The molecule has 364 valence electrons. The molecule has 6 nitrogen and oxygen atoms in total. The fourth-order valence-electron chi connectivity index (χ4n) is 6.54. The van der Waals surface area contributed by atoms with Crippen LogP contribution in [0.3, 0.4) is 0 Å². The number of hydrogen-bond donors (Lipinski definition) is 0. The zero-order chi connectivity index (χ0) is 47.2. The average molecular weight is 897 g/mol. The first-order valence-electron chi connectivity index (χ1n) is 25.8. The minimum Gasteiger partial charge on any atom is -0.462 e. The molecule has 0 saturated heterocycles. The number of carbonyl (C=O) groups is 3. The van der Waals surface area contributed by atoms with Crippen LogP contribution in [-0.4, -0.2) is 37.2 Å². The van der Waals surface area contributed by atoms with Crippen LogP contribution >= 0.6 is 0 Å². The van der Waals surface area contributed by atoms with Crippen LogP contribution in [0.4, 0.5) is 0 Å². The first-order chi connectivity index (χ1) is 32.0. The molecule has 65 heavy (non-hydrogen) atoms. The van der Waals surface area contributed by atoms with Gasteiger partial charge in [-0.25, -0.2) is 0 Å². The number of unbranched alkanes of at least 4 members (excludes halogenated alkanes) is 19. The summed E-state index contributed by atoms with van der Waals surface area (Å²) in [6, 6.07) is 0. The molecule has 0 N–H and O–H groups in total. The highest BCUT2D eigenvalue weighted by molar-refractivity contribution is 5.71. The van der Waals surface area contributed by atoms with Gasteiger partial charge in [-0.15, -0.1) is 0 Å². The molecule has 0 aromatic carbocycles. The third-order valence-corrected chi connectivity index (χ3v) is 10.4. The van der Waals surface area contributed by atoms with E-state index in [0.717, 1.165) is 83.5 Å². The van der Waals surface area contributed by atoms with E-state index in [9.17, 15) is 14.4 Å². The third-order valence-electron chi connectivity index (χ3n) is 10.4. The van der Waals surface area contributed by atoms with Crippen molar-refractivity contribution in [3.8, 4) is 0 Å². The predicted octanol–water partition coefficient (Wildman–Crippen LogP) is 17.1. The molecule has 1 unspecified atom stereocenters. The number of hydrogen-bond acceptors (Lipinski definition) is 6. The van der Waals surface area contributed by atoms with Crippen molar-refractivity contribution in [2.45, 2.75) is 207 Å². The van der Waals surface area contributed by atoms with E-state index in [-0.39, 0.29) is 31.1 Å². The van der Waals surface area contributed by atoms with E-state index in [1.165, 1.54) is 77.0 Å². The van der Waals surface area contributed by atoms with Crippen LogP contribution in [0.25, 0.3) is 0 Å². The van der Waals surface area contributed by atoms with Gasteiger partial charge in [0.2, 0.25) is 0 Å². The Bertz CT molecular complexity index is 1450. The smallest absolute Gasteiger partial charge is 0.306 e. The van der Waals surface area contributed by atoms with Crippen molar-refractivity contribution in [3.05, 3.63) is 134 Å². The van der Waals surface area contributed by atoms with Gasteiger partial charge in [-0.3, -0.25) is 14.4 Å². The monoisotopic (exact) mass is 897 g/mol. The van der Waals surface area contributed by atoms with Crippen LogP contribution in [0, 0.1) is 0 Å². The van der Waals surface area contributed by atoms with Crippen LogP contribution in [0.1, 0.15) is 201 Å². The number of rotatable bonds is 44. The molecule has 1 atom stereocenters. The molecule has 0 saturated carbocycles. The van der Waals surface area contributed by atoms with Crippen molar-refractivity contribution in [3.63, 3.8) is 0 Å². The molecular formula is C59H92O6. The van der Waals surface area contributed by atoms with E-state index in [0.29, 0.717) is 19.3 Å². The summed E-state index contributed by atoms with van der Waals surface area (Å²) in [5, 5.41) is 0. The van der Waals surface area contributed by atoms with Crippen molar-refractivity contribution in [2.75, 3.05) is 13.2 Å². The number of carbonyl (C=O) groups excluding carboxylic acids is 3. The number of allylic oxidation sites excluding steroid dienone is 22. The van der Waals surface area contributed by atoms with Gasteiger partial charge < -0.3 is 14.2 Å². The van der Waals surface area contributed by atoms with E-state index >= 15 is 0 Å². The standard InChI is InChI=1S/C59H92O6/c1-4-7-10-13-16-19-22-25-27-29-31-34-37-40-43-46-49-52-58(61)64-55-56(54-63-57(60)51-48-45-42-39-36-33-24-21-18-15-12-9-6-3)65-59(62)53-50-47-44-41-38-35-32-30-28-26-23-20-17-14-11-8-5-2/h7,9-10,12-13,15-16,18-19,21-22,24-29,31,33-34,36-37,56H,4-6,8,11,14,17,20,23,30,32,35,38-55H2,1-3H3/b10-7+,12-9+,16-13+,18-15+,22-19+,24-21+,27-25+,28-26+,31-29+,36-33+,37-34+. The van der Waals surface area contributed by atoms with Gasteiger partial charge in [0.05, 0.1) is 0 Å². The first kappa shape index (κ1) is 60.6. The predicted molar refractivity (Wildman–Crippen MR) is 279 cm³/mol. The van der Waals surface area contributed by atoms with Crippen molar-refractivity contribution < 1.29 is 28.6 Å². The van der Waals surface area contributed by atoms with Crippen molar-refractivity contribution in [1.82, 2.24) is 0 Å². The van der Waals surface area contributed by atoms with Crippen LogP contribution < -0.4 is 0 Å². The van der Waals surface area contributed by atoms with Crippen molar-refractivity contribution >= 4 is 17.9 Å². The first-order valence-corrected chi connectivity index (χ1v) is 25.8. The maximum atomic E-state index is 12.8. The van der Waals surface area contributed by atoms with E-state index in [1.807, 2.05) is 97.2 Å². The van der Waals surface area contributed by atoms with Crippen LogP contribution in [0.2, 0.25) is 0 Å². The Morgan fingerprint density at radius 1 is 0.323 bits per heavy atom. The van der Waals surface area contributed by atoms with E-state index in [1.54, 1.807) is 0 Å². The summed E-state index contributed by atoms with van der Waals surface area (Å²) < 4.78 is 16.7. The minimum atomic E-state index is -0.820. The second-order valence-electron chi connectivity index (χ2n) is 16.6. The summed E-state index contributed by atoms with van der Waals surface area (Å²) in [4.78, 5) is 38.0. The van der Waals surface area contributed by atoms with Crippen molar-refractivity contribution in [1.29, 1.82) is 0 Å². The topological polar surface area (TPSA) is 78.9 Å². The van der Waals surface area contributed by atoms with E-state index in [2.05, 4.69) is 57.2 Å². The Kier molecular flexibility index (Phi) is 48.6. The number of esters is 3. The van der Waals surface area contributed by atoms with Crippen LogP contribution in [0.15, 0.2) is 134 Å². The maximum Gasteiger partial charge on any atom is 0.306 e. The van der Waals surface area contributed by atoms with E-state index in [4.69, 9.17) is 14.2 Å². The highest BCUT2D eigenvalue weighted by Crippen LogP contribution is 2.13. The molecule has 0 aromatic heterocycles. The van der Waals surface area contributed by atoms with Gasteiger partial charge in [-0.1, -0.05) is 231 Å². The molecule has 0 spiro atoms. The average Bonchev–Trinajstić information content (AvgIpc) is 3.30. The Labute approximate surface area is 398 Å². The molecule has 0 rings (SSSR count). The maximum absolute atomic E-state index is 12.8. The Morgan fingerprint density at radius 3 is 1.00 bits per heavy atom. The summed E-state index contributed by atoms with van der Waals surface area (Å²) in [7, 11) is 0. The fraction of sp³-hybridized carbons (Fsp3) is 0.576. The molecule has 0 aliphatic carbocycles. The lowest BCUT2D eigenvalue weighted by Crippen LogP contribution is -2.30. The quantitative estimate of drug-likeness (QED) is 0.0199. The lowest BCUT2D eigenvalue weighted by molar-refractivity contribution is -0.167. The molecule has 0 aliphatic heterocycles. The zero-order valence-electron chi connectivity index (χ0n) is 41.4. The fourth-order valence-corrected chi connectivity index (χ4v) is 6.54. The number of ether oxygens (including phenoxy) is 3. The molecule has 6 heteroatoms. The second-order valence-corrected chi connectivity index (χ2v) is 16.6. The molecule has 0 radical (unpaired) electrons. The normalized spacial score (nSPS) is 13.2. The lowest BCUT2D eigenvalue weighted by Gasteiger charge is -2.18. The van der Waals surface area contributed by atoms with Gasteiger partial charge in [0.25, 0.3) is 0 Å². The Balaban J connectivity index is 4.56. The highest BCUT2D eigenvalue weighted by atomic mass is 16.6. The molecular weight excluding hydrogens is 805 g/mol. The largest absolute Gasteiger partial charge is 0.462 e. The van der Waals surface area contributed by atoms with Crippen LogP contribution in [0.5, 0.6) is 0 Å². The summed E-state index contributed by atoms with van der Waals surface area (Å²) >= 11 is 0. The van der Waals surface area contributed by atoms with Crippen LogP contribution in [-0.2, 0) is 28.6 Å². The van der Waals surface area contributed by atoms with Gasteiger partial charge in [0.15, 0.2) is 6.10 Å². The van der Waals surface area contributed by atoms with Crippen molar-refractivity contribution in [2.24, 2.45) is 0 Å². The molecule has 0 fully saturated rings. The third kappa shape index (κ3) is 50.4. The Morgan fingerprint density at radius 2 is 0.615 bits per heavy atom. The van der Waals surface area contributed by atoms with Gasteiger partial charge >= 0.3 is 17.9 Å². The molecule has 0 aliphatic rings. The molecule has 0 bridgehead atoms. The van der Waals surface area contributed by atoms with E-state index < -0.39 is 6.10 Å². The molecule has 0 aromatic rings. The Hall–Kier alpha value is -4.45. The highest BCUT2D eigenvalue weighted by Gasteiger charge is 2.19. The van der Waals surface area contributed by atoms with Gasteiger partial charge in [-0.05, 0) is 83.5 Å². The summed E-state index contributed by atoms with van der Waals surface area (Å²) in [6.45, 7) is 6.25. The minimum absolute atomic E-state index is 0.120. The van der Waals surface area contributed by atoms with Gasteiger partial charge in [-0.2, -0.15) is 0 Å². The lowest BCUT2D eigenvalue weighted by atomic mass is 10.1. The zero-order valence-corrected chi connectivity index (χ0v) is 41.4. The summed E-state index contributed by atoms with van der Waals surface area (Å²) in [5.41, 5.74) is 0. The second kappa shape index (κ2) is 52.2. The van der Waals surface area contributed by atoms with Gasteiger partial charge in [0, 0.05) is 19.3 Å². The van der Waals surface area contributed by atoms with Gasteiger partial charge in [0.1, 0.15) is 13.2 Å². The summed E-state index contributed by atoms with van der Waals surface area (Å²) in [5.74, 6) is -1.01. The molecule has 0 amide bonds. The molecule has 0 heterocycles.